The van der Waals surface area contributed by atoms with Crippen LogP contribution in [0.5, 0.6) is 0 Å². The second-order valence-corrected chi connectivity index (χ2v) is 5.12. The lowest BCUT2D eigenvalue weighted by Gasteiger charge is -2.15. The highest BCUT2D eigenvalue weighted by Gasteiger charge is 2.39. The number of pyridine rings is 1. The molecule has 3 rings (SSSR count). The van der Waals surface area contributed by atoms with Gasteiger partial charge in [-0.1, -0.05) is 12.1 Å². The second kappa shape index (κ2) is 6.55. The van der Waals surface area contributed by atoms with Crippen molar-refractivity contribution in [1.29, 1.82) is 0 Å². The van der Waals surface area contributed by atoms with Crippen molar-refractivity contribution < 1.29 is 18.8 Å². The highest BCUT2D eigenvalue weighted by Crippen LogP contribution is 2.23. The number of hydrogen-bond donors (Lipinski definition) is 2. The normalized spacial score (nSPS) is 17.2. The van der Waals surface area contributed by atoms with Crippen LogP contribution >= 0.6 is 0 Å². The molecular formula is C16H13FN4O3. The standard InChI is InChI=1S/C16H13FN4O3/c17-10-4-3-5-11(8-10)21-14(22)9-13(16(21)24)19-20-15(23)12-6-1-2-7-18-12/h1-8,13,19H,9H2,(H,20,23)/t13-/m0/s1. The van der Waals surface area contributed by atoms with Gasteiger partial charge in [-0.15, -0.1) is 0 Å². The highest BCUT2D eigenvalue weighted by atomic mass is 19.1. The van der Waals surface area contributed by atoms with Gasteiger partial charge in [0.05, 0.1) is 12.1 Å². The van der Waals surface area contributed by atoms with Gasteiger partial charge in [-0.2, -0.15) is 0 Å². The summed E-state index contributed by atoms with van der Waals surface area (Å²) in [5, 5.41) is 0. The third kappa shape index (κ3) is 3.13. The minimum absolute atomic E-state index is 0.141. The number of hydrazine groups is 1. The summed E-state index contributed by atoms with van der Waals surface area (Å²) in [4.78, 5) is 41.0. The molecule has 3 amide bonds. The molecule has 0 unspecified atom stereocenters. The Labute approximate surface area is 136 Å². The molecule has 2 heterocycles. The van der Waals surface area contributed by atoms with E-state index >= 15 is 0 Å². The lowest BCUT2D eigenvalue weighted by molar-refractivity contribution is -0.121. The average molecular weight is 328 g/mol. The van der Waals surface area contributed by atoms with Crippen LogP contribution in [0.3, 0.4) is 0 Å². The monoisotopic (exact) mass is 328 g/mol. The molecular weight excluding hydrogens is 315 g/mol. The molecule has 1 aliphatic heterocycles. The van der Waals surface area contributed by atoms with Crippen molar-refractivity contribution >= 4 is 23.4 Å². The third-order valence-electron chi connectivity index (χ3n) is 3.47. The summed E-state index contributed by atoms with van der Waals surface area (Å²) < 4.78 is 13.3. The highest BCUT2D eigenvalue weighted by molar-refractivity contribution is 6.22. The maximum atomic E-state index is 13.3. The second-order valence-electron chi connectivity index (χ2n) is 5.12. The Kier molecular flexibility index (Phi) is 4.30. The van der Waals surface area contributed by atoms with Crippen LogP contribution in [0.25, 0.3) is 0 Å². The van der Waals surface area contributed by atoms with Crippen molar-refractivity contribution in [3.05, 3.63) is 60.2 Å². The molecule has 8 heteroatoms. The number of imide groups is 1. The quantitative estimate of drug-likeness (QED) is 0.639. The van der Waals surface area contributed by atoms with Crippen LogP contribution in [0.2, 0.25) is 0 Å². The van der Waals surface area contributed by atoms with E-state index in [1.54, 1.807) is 12.1 Å². The maximum absolute atomic E-state index is 13.3. The van der Waals surface area contributed by atoms with E-state index in [2.05, 4.69) is 15.8 Å². The van der Waals surface area contributed by atoms with Crippen molar-refractivity contribution in [2.24, 2.45) is 0 Å². The number of hydrogen-bond acceptors (Lipinski definition) is 5. The fourth-order valence-corrected chi connectivity index (χ4v) is 2.34. The molecule has 0 radical (unpaired) electrons. The summed E-state index contributed by atoms with van der Waals surface area (Å²) in [6, 6.07) is 9.11. The largest absolute Gasteiger partial charge is 0.285 e. The van der Waals surface area contributed by atoms with E-state index in [1.807, 2.05) is 0 Å². The average Bonchev–Trinajstić information content (AvgIpc) is 2.87. The molecule has 1 atom stereocenters. The molecule has 0 aliphatic carbocycles. The molecule has 24 heavy (non-hydrogen) atoms. The zero-order valence-electron chi connectivity index (χ0n) is 12.4. The molecule has 0 bridgehead atoms. The van der Waals surface area contributed by atoms with Crippen molar-refractivity contribution in [1.82, 2.24) is 15.8 Å². The SMILES string of the molecule is O=C(NN[C@H]1CC(=O)N(c2cccc(F)c2)C1=O)c1ccccn1. The summed E-state index contributed by atoms with van der Waals surface area (Å²) in [6.45, 7) is 0. The van der Waals surface area contributed by atoms with E-state index in [0.29, 0.717) is 0 Å². The van der Waals surface area contributed by atoms with Crippen LogP contribution in [0.15, 0.2) is 48.7 Å². The van der Waals surface area contributed by atoms with Gasteiger partial charge >= 0.3 is 0 Å². The Hall–Kier alpha value is -3.13. The zero-order chi connectivity index (χ0) is 17.1. The summed E-state index contributed by atoms with van der Waals surface area (Å²) in [5.74, 6) is -2.12. The topological polar surface area (TPSA) is 91.4 Å². The third-order valence-corrected chi connectivity index (χ3v) is 3.47. The van der Waals surface area contributed by atoms with E-state index in [9.17, 15) is 18.8 Å². The summed E-state index contributed by atoms with van der Waals surface area (Å²) in [5.41, 5.74) is 5.21. The summed E-state index contributed by atoms with van der Waals surface area (Å²) in [7, 11) is 0. The van der Waals surface area contributed by atoms with Crippen LogP contribution in [0.1, 0.15) is 16.9 Å². The first-order valence-electron chi connectivity index (χ1n) is 7.15. The van der Waals surface area contributed by atoms with E-state index in [4.69, 9.17) is 0 Å². The fourth-order valence-electron chi connectivity index (χ4n) is 2.34. The first-order valence-corrected chi connectivity index (χ1v) is 7.15. The minimum atomic E-state index is -0.923. The smallest absolute Gasteiger partial charge is 0.283 e. The van der Waals surface area contributed by atoms with Gasteiger partial charge in [0.25, 0.3) is 11.8 Å². The van der Waals surface area contributed by atoms with Gasteiger partial charge in [-0.05, 0) is 30.3 Å². The molecule has 1 aromatic carbocycles. The van der Waals surface area contributed by atoms with Crippen LogP contribution in [0, 0.1) is 5.82 Å². The molecule has 0 saturated carbocycles. The van der Waals surface area contributed by atoms with Gasteiger partial charge in [-0.3, -0.25) is 24.8 Å². The molecule has 2 aromatic rings. The molecule has 2 N–H and O–H groups in total. The predicted molar refractivity (Wildman–Crippen MR) is 82.1 cm³/mol. The van der Waals surface area contributed by atoms with Gasteiger partial charge in [0.2, 0.25) is 5.91 Å². The summed E-state index contributed by atoms with van der Waals surface area (Å²) >= 11 is 0. The molecule has 1 saturated heterocycles. The van der Waals surface area contributed by atoms with Crippen LogP contribution < -0.4 is 15.8 Å². The van der Waals surface area contributed by atoms with Gasteiger partial charge in [0.1, 0.15) is 17.6 Å². The molecule has 1 aliphatic rings. The number of nitrogens with zero attached hydrogens (tertiary/aromatic N) is 2. The van der Waals surface area contributed by atoms with Crippen molar-refractivity contribution in [2.45, 2.75) is 12.5 Å². The van der Waals surface area contributed by atoms with E-state index in [1.165, 1.54) is 30.5 Å². The van der Waals surface area contributed by atoms with Gasteiger partial charge in [-0.25, -0.2) is 14.7 Å². The Morgan fingerprint density at radius 3 is 2.75 bits per heavy atom. The number of carbonyl (C=O) groups excluding carboxylic acids is 3. The Bertz CT molecular complexity index is 797. The minimum Gasteiger partial charge on any atom is -0.285 e. The van der Waals surface area contributed by atoms with Crippen LogP contribution in [0.4, 0.5) is 10.1 Å². The Morgan fingerprint density at radius 1 is 1.21 bits per heavy atom. The predicted octanol–water partition coefficient (Wildman–Crippen LogP) is 0.787. The van der Waals surface area contributed by atoms with E-state index in [-0.39, 0.29) is 17.8 Å². The lowest BCUT2D eigenvalue weighted by atomic mass is 10.2. The number of anilines is 1. The van der Waals surface area contributed by atoms with Gasteiger partial charge in [0.15, 0.2) is 0 Å². The molecule has 1 aromatic heterocycles. The number of nitrogens with one attached hydrogen (secondary N) is 2. The molecule has 1 fully saturated rings. The zero-order valence-corrected chi connectivity index (χ0v) is 12.4. The van der Waals surface area contributed by atoms with Crippen LogP contribution in [-0.4, -0.2) is 28.7 Å². The van der Waals surface area contributed by atoms with Crippen molar-refractivity contribution in [3.8, 4) is 0 Å². The Balaban J connectivity index is 1.67. The van der Waals surface area contributed by atoms with Crippen LogP contribution in [-0.2, 0) is 9.59 Å². The number of carbonyl (C=O) groups is 3. The van der Waals surface area contributed by atoms with Gasteiger partial charge < -0.3 is 0 Å². The van der Waals surface area contributed by atoms with E-state index in [0.717, 1.165) is 11.0 Å². The molecule has 0 spiro atoms. The first kappa shape index (κ1) is 15.8. The van der Waals surface area contributed by atoms with Gasteiger partial charge in [0, 0.05) is 6.20 Å². The fraction of sp³-hybridized carbons (Fsp3) is 0.125. The number of halogens is 1. The number of amides is 3. The number of aromatic nitrogens is 1. The lowest BCUT2D eigenvalue weighted by Crippen LogP contribution is -2.48. The summed E-state index contributed by atoms with van der Waals surface area (Å²) in [6.07, 6.45) is 1.32. The Morgan fingerprint density at radius 2 is 2.04 bits per heavy atom. The number of rotatable bonds is 4. The molecule has 7 nitrogen and oxygen atoms in total. The van der Waals surface area contributed by atoms with E-state index < -0.39 is 29.6 Å². The molecule has 122 valence electrons. The first-order chi connectivity index (χ1) is 11.6. The van der Waals surface area contributed by atoms with Crippen molar-refractivity contribution in [3.63, 3.8) is 0 Å². The number of benzene rings is 1. The maximum Gasteiger partial charge on any atom is 0.283 e. The van der Waals surface area contributed by atoms with Crippen molar-refractivity contribution in [2.75, 3.05) is 4.90 Å².